The van der Waals surface area contributed by atoms with E-state index in [-0.39, 0.29) is 12.5 Å². The summed E-state index contributed by atoms with van der Waals surface area (Å²) in [7, 11) is 0. The Balaban J connectivity index is 1.21. The molecule has 33 heavy (non-hydrogen) atoms. The van der Waals surface area contributed by atoms with Crippen LogP contribution in [0.25, 0.3) is 21.9 Å². The molecule has 0 atom stereocenters. The fourth-order valence-corrected chi connectivity index (χ4v) is 5.30. The van der Waals surface area contributed by atoms with Crippen LogP contribution in [-0.4, -0.2) is 84.2 Å². The van der Waals surface area contributed by atoms with E-state index in [0.29, 0.717) is 6.04 Å². The Kier molecular flexibility index (Phi) is 6.72. The molecule has 1 amide bonds. The van der Waals surface area contributed by atoms with Crippen molar-refractivity contribution < 1.29 is 9.90 Å². The van der Waals surface area contributed by atoms with Gasteiger partial charge in [-0.3, -0.25) is 14.6 Å². The number of aliphatic hydroxyl groups excluding tert-OH is 1. The smallest absolute Gasteiger partial charge is 0.253 e. The highest BCUT2D eigenvalue weighted by Gasteiger charge is 2.29. The zero-order chi connectivity index (χ0) is 22.6. The van der Waals surface area contributed by atoms with Gasteiger partial charge in [0.25, 0.3) is 5.91 Å². The predicted molar refractivity (Wildman–Crippen MR) is 133 cm³/mol. The first-order valence-corrected chi connectivity index (χ1v) is 12.2. The van der Waals surface area contributed by atoms with Crippen molar-refractivity contribution in [3.63, 3.8) is 0 Å². The number of piperidine rings is 1. The third-order valence-corrected chi connectivity index (χ3v) is 7.29. The van der Waals surface area contributed by atoms with E-state index >= 15 is 0 Å². The van der Waals surface area contributed by atoms with Gasteiger partial charge in [0.1, 0.15) is 0 Å². The van der Waals surface area contributed by atoms with Crippen molar-refractivity contribution in [1.82, 2.24) is 14.7 Å². The number of nitrogens with zero attached hydrogens (tertiary/aromatic N) is 3. The first-order chi connectivity index (χ1) is 16.2. The molecule has 0 spiro atoms. The Morgan fingerprint density at radius 3 is 2.21 bits per heavy atom. The molecular weight excluding hydrogens is 410 g/mol. The molecule has 5 heteroatoms. The van der Waals surface area contributed by atoms with Crippen molar-refractivity contribution in [3.8, 4) is 11.1 Å². The first kappa shape index (κ1) is 22.1. The number of likely N-dealkylation sites (tertiary alicyclic amines) is 1. The van der Waals surface area contributed by atoms with Crippen molar-refractivity contribution in [3.05, 3.63) is 72.3 Å². The molecule has 0 aliphatic carbocycles. The number of fused-ring (bicyclic) bond motifs is 1. The van der Waals surface area contributed by atoms with Crippen LogP contribution in [0, 0.1) is 0 Å². The fourth-order valence-electron chi connectivity index (χ4n) is 5.30. The zero-order valence-corrected chi connectivity index (χ0v) is 19.2. The van der Waals surface area contributed by atoms with E-state index in [1.54, 1.807) is 0 Å². The number of aliphatic hydroxyl groups is 1. The normalized spacial score (nSPS) is 18.6. The van der Waals surface area contributed by atoms with Crippen LogP contribution in [0.3, 0.4) is 0 Å². The molecule has 172 valence electrons. The Bertz CT molecular complexity index is 1080. The highest BCUT2D eigenvalue weighted by Crippen LogP contribution is 2.26. The van der Waals surface area contributed by atoms with Crippen molar-refractivity contribution in [2.24, 2.45) is 0 Å². The molecule has 0 aromatic heterocycles. The lowest BCUT2D eigenvalue weighted by molar-refractivity contribution is 0.0451. The molecule has 2 heterocycles. The van der Waals surface area contributed by atoms with Crippen molar-refractivity contribution >= 4 is 16.7 Å². The van der Waals surface area contributed by atoms with Gasteiger partial charge >= 0.3 is 0 Å². The molecule has 0 bridgehead atoms. The maximum Gasteiger partial charge on any atom is 0.253 e. The van der Waals surface area contributed by atoms with Gasteiger partial charge in [0, 0.05) is 57.4 Å². The molecule has 2 aliphatic rings. The molecule has 3 aromatic carbocycles. The number of amides is 1. The third-order valence-electron chi connectivity index (χ3n) is 7.29. The van der Waals surface area contributed by atoms with Crippen LogP contribution in [0.5, 0.6) is 0 Å². The molecule has 0 radical (unpaired) electrons. The summed E-state index contributed by atoms with van der Waals surface area (Å²) in [6.45, 7) is 6.86. The van der Waals surface area contributed by atoms with E-state index in [2.05, 4.69) is 58.3 Å². The highest BCUT2D eigenvalue weighted by molar-refractivity contribution is 5.99. The minimum Gasteiger partial charge on any atom is -0.395 e. The van der Waals surface area contributed by atoms with Gasteiger partial charge in [-0.2, -0.15) is 0 Å². The quantitative estimate of drug-likeness (QED) is 0.653. The molecule has 0 unspecified atom stereocenters. The van der Waals surface area contributed by atoms with Gasteiger partial charge in [-0.25, -0.2) is 0 Å². The van der Waals surface area contributed by atoms with E-state index < -0.39 is 0 Å². The van der Waals surface area contributed by atoms with E-state index in [1.165, 1.54) is 11.1 Å². The Morgan fingerprint density at radius 2 is 1.48 bits per heavy atom. The number of hydrogen-bond donors (Lipinski definition) is 1. The van der Waals surface area contributed by atoms with E-state index in [1.807, 2.05) is 23.1 Å². The molecule has 0 saturated carbocycles. The van der Waals surface area contributed by atoms with Crippen LogP contribution >= 0.6 is 0 Å². The summed E-state index contributed by atoms with van der Waals surface area (Å²) < 4.78 is 0. The van der Waals surface area contributed by atoms with Gasteiger partial charge in [0.15, 0.2) is 0 Å². The molecule has 2 fully saturated rings. The Morgan fingerprint density at radius 1 is 0.788 bits per heavy atom. The maximum absolute atomic E-state index is 13.2. The average Bonchev–Trinajstić information content (AvgIpc) is 2.89. The van der Waals surface area contributed by atoms with E-state index in [4.69, 9.17) is 5.11 Å². The van der Waals surface area contributed by atoms with Gasteiger partial charge in [0.05, 0.1) is 6.61 Å². The molecule has 1 N–H and O–H groups in total. The molecule has 5 rings (SSSR count). The van der Waals surface area contributed by atoms with Gasteiger partial charge in [0.2, 0.25) is 0 Å². The number of carbonyl (C=O) groups is 1. The van der Waals surface area contributed by atoms with E-state index in [9.17, 15) is 4.79 Å². The molecule has 2 aliphatic heterocycles. The summed E-state index contributed by atoms with van der Waals surface area (Å²) in [6, 6.07) is 23.5. The van der Waals surface area contributed by atoms with E-state index in [0.717, 1.165) is 75.0 Å². The number of hydrogen-bond acceptors (Lipinski definition) is 4. The topological polar surface area (TPSA) is 47.0 Å². The van der Waals surface area contributed by atoms with Gasteiger partial charge in [-0.05, 0) is 52.9 Å². The summed E-state index contributed by atoms with van der Waals surface area (Å²) in [5.41, 5.74) is 3.18. The van der Waals surface area contributed by atoms with Gasteiger partial charge in [-0.1, -0.05) is 48.5 Å². The number of benzene rings is 3. The third kappa shape index (κ3) is 4.96. The predicted octanol–water partition coefficient (Wildman–Crippen LogP) is 3.72. The molecule has 2 saturated heterocycles. The summed E-state index contributed by atoms with van der Waals surface area (Å²) in [5.74, 6) is 0.148. The first-order valence-electron chi connectivity index (χ1n) is 12.2. The lowest BCUT2D eigenvalue weighted by Gasteiger charge is -2.42. The van der Waals surface area contributed by atoms with Crippen molar-refractivity contribution in [2.75, 3.05) is 52.4 Å². The monoisotopic (exact) mass is 443 g/mol. The second kappa shape index (κ2) is 10.0. The lowest BCUT2D eigenvalue weighted by Crippen LogP contribution is -2.54. The van der Waals surface area contributed by atoms with Crippen LogP contribution in [0.2, 0.25) is 0 Å². The number of carbonyl (C=O) groups excluding carboxylic acids is 1. The minimum atomic E-state index is 0.148. The largest absolute Gasteiger partial charge is 0.395 e. The lowest BCUT2D eigenvalue weighted by atomic mass is 9.98. The summed E-state index contributed by atoms with van der Waals surface area (Å²) >= 11 is 0. The highest BCUT2D eigenvalue weighted by atomic mass is 16.3. The molecular formula is C28H33N3O2. The van der Waals surface area contributed by atoms with Gasteiger partial charge < -0.3 is 10.0 Å². The minimum absolute atomic E-state index is 0.148. The van der Waals surface area contributed by atoms with Crippen LogP contribution in [0.15, 0.2) is 66.7 Å². The number of piperazine rings is 1. The summed E-state index contributed by atoms with van der Waals surface area (Å²) in [5, 5.41) is 11.4. The Hall–Kier alpha value is -2.73. The van der Waals surface area contributed by atoms with Crippen molar-refractivity contribution in [2.45, 2.75) is 18.9 Å². The van der Waals surface area contributed by atoms with Gasteiger partial charge in [-0.15, -0.1) is 0 Å². The van der Waals surface area contributed by atoms with Crippen LogP contribution in [-0.2, 0) is 0 Å². The van der Waals surface area contributed by atoms with Crippen LogP contribution in [0.4, 0.5) is 0 Å². The second-order valence-corrected chi connectivity index (χ2v) is 9.27. The summed E-state index contributed by atoms with van der Waals surface area (Å²) in [4.78, 5) is 20.1. The maximum atomic E-state index is 13.2. The standard InChI is InChI=1S/C28H33N3O2/c32-19-18-29-14-16-30(17-15-29)27-10-12-31(13-11-27)28(33)26-9-8-24-20-23(6-7-25(24)21-26)22-4-2-1-3-5-22/h1-9,20-21,27,32H,10-19H2. The number of rotatable bonds is 5. The zero-order valence-electron chi connectivity index (χ0n) is 19.2. The Labute approximate surface area is 196 Å². The fraction of sp³-hybridized carbons (Fsp3) is 0.393. The van der Waals surface area contributed by atoms with Crippen LogP contribution < -0.4 is 0 Å². The number of β-amino-alcohol motifs (C(OH)–C–C–N with tert-alkyl or cyclic N) is 1. The second-order valence-electron chi connectivity index (χ2n) is 9.27. The molecule has 5 nitrogen and oxygen atoms in total. The SMILES string of the molecule is O=C(c1ccc2cc(-c3ccccc3)ccc2c1)N1CCC(N2CCN(CCO)CC2)CC1. The summed E-state index contributed by atoms with van der Waals surface area (Å²) in [6.07, 6.45) is 2.08. The average molecular weight is 444 g/mol. The van der Waals surface area contributed by atoms with Crippen LogP contribution in [0.1, 0.15) is 23.2 Å². The molecule has 3 aromatic rings. The van der Waals surface area contributed by atoms with Crippen molar-refractivity contribution in [1.29, 1.82) is 0 Å².